The Morgan fingerprint density at radius 3 is 2.79 bits per heavy atom. The van der Waals surface area contributed by atoms with E-state index in [1.807, 2.05) is 13.8 Å². The van der Waals surface area contributed by atoms with Crippen molar-refractivity contribution in [2.24, 2.45) is 0 Å². The number of rotatable bonds is 4. The van der Waals surface area contributed by atoms with Gasteiger partial charge in [-0.25, -0.2) is 9.37 Å². The smallest absolute Gasteiger partial charge is 0.254 e. The Labute approximate surface area is 143 Å². The van der Waals surface area contributed by atoms with Crippen molar-refractivity contribution in [2.45, 2.75) is 37.4 Å². The lowest BCUT2D eigenvalue weighted by molar-refractivity contribution is -0.116. The van der Waals surface area contributed by atoms with Gasteiger partial charge in [0.1, 0.15) is 5.82 Å². The van der Waals surface area contributed by atoms with Gasteiger partial charge in [-0.1, -0.05) is 25.6 Å². The lowest BCUT2D eigenvalue weighted by Gasteiger charge is -2.14. The molecule has 2 heterocycles. The van der Waals surface area contributed by atoms with Crippen LogP contribution in [0, 0.1) is 5.82 Å². The molecule has 1 N–H and O–H groups in total. The molecular formula is C17H18FN3O2S. The van der Waals surface area contributed by atoms with Crippen molar-refractivity contribution in [1.82, 2.24) is 9.55 Å². The topological polar surface area (TPSA) is 64.0 Å². The number of halogens is 1. The second kappa shape index (κ2) is 6.76. The van der Waals surface area contributed by atoms with E-state index < -0.39 is 0 Å². The standard InChI is InChI=1S/C17H18FN3O2S/c1-10(2)14-8-16(23)21-13(9-24-17(21)20-14)7-15(22)19-12-5-3-11(18)4-6-12/h3-6,8,10,13H,7,9H2,1-2H3,(H,19,22). The molecule has 1 amide bonds. The first-order valence-electron chi connectivity index (χ1n) is 7.75. The van der Waals surface area contributed by atoms with Crippen molar-refractivity contribution >= 4 is 23.4 Å². The fourth-order valence-corrected chi connectivity index (χ4v) is 3.73. The summed E-state index contributed by atoms with van der Waals surface area (Å²) in [7, 11) is 0. The first kappa shape index (κ1) is 16.7. The molecule has 0 bridgehead atoms. The van der Waals surface area contributed by atoms with Gasteiger partial charge in [0.15, 0.2) is 5.16 Å². The van der Waals surface area contributed by atoms with Crippen molar-refractivity contribution in [3.05, 3.63) is 52.2 Å². The van der Waals surface area contributed by atoms with Crippen LogP contribution in [0.4, 0.5) is 10.1 Å². The number of carbonyl (C=O) groups is 1. The maximum absolute atomic E-state index is 12.9. The SMILES string of the molecule is CC(C)c1cc(=O)n2c(n1)SCC2CC(=O)Nc1ccc(F)cc1. The Hall–Kier alpha value is -2.15. The van der Waals surface area contributed by atoms with Crippen molar-refractivity contribution in [2.75, 3.05) is 11.1 Å². The van der Waals surface area contributed by atoms with Gasteiger partial charge in [0.25, 0.3) is 5.56 Å². The van der Waals surface area contributed by atoms with Crippen LogP contribution in [0.5, 0.6) is 0 Å². The van der Waals surface area contributed by atoms with E-state index in [0.717, 1.165) is 5.69 Å². The highest BCUT2D eigenvalue weighted by Crippen LogP contribution is 2.32. The summed E-state index contributed by atoms with van der Waals surface area (Å²) in [5.74, 6) is 0.262. The molecule has 1 aromatic heterocycles. The number of aromatic nitrogens is 2. The second-order valence-electron chi connectivity index (χ2n) is 6.05. The fraction of sp³-hybridized carbons (Fsp3) is 0.353. The van der Waals surface area contributed by atoms with E-state index in [1.165, 1.54) is 36.0 Å². The Balaban J connectivity index is 1.73. The number of thioether (sulfide) groups is 1. The number of benzene rings is 1. The summed E-state index contributed by atoms with van der Waals surface area (Å²) in [6, 6.07) is 6.92. The molecule has 1 aliphatic rings. The van der Waals surface area contributed by atoms with Crippen LogP contribution in [-0.4, -0.2) is 21.2 Å². The molecule has 1 unspecified atom stereocenters. The Kier molecular flexibility index (Phi) is 4.71. The van der Waals surface area contributed by atoms with Crippen molar-refractivity contribution in [1.29, 1.82) is 0 Å². The van der Waals surface area contributed by atoms with E-state index in [9.17, 15) is 14.0 Å². The summed E-state index contributed by atoms with van der Waals surface area (Å²) in [6.07, 6.45) is 0.181. The van der Waals surface area contributed by atoms with Gasteiger partial charge >= 0.3 is 0 Å². The van der Waals surface area contributed by atoms with Gasteiger partial charge in [0.2, 0.25) is 5.91 Å². The van der Waals surface area contributed by atoms with Crippen LogP contribution >= 0.6 is 11.8 Å². The zero-order valence-corrected chi connectivity index (χ0v) is 14.3. The quantitative estimate of drug-likeness (QED) is 0.863. The number of nitrogens with one attached hydrogen (secondary N) is 1. The number of hydrogen-bond acceptors (Lipinski definition) is 4. The highest BCUT2D eigenvalue weighted by molar-refractivity contribution is 7.99. The highest BCUT2D eigenvalue weighted by atomic mass is 32.2. The number of amides is 1. The number of anilines is 1. The van der Waals surface area contributed by atoms with Crippen LogP contribution in [0.15, 0.2) is 40.3 Å². The van der Waals surface area contributed by atoms with Crippen molar-refractivity contribution in [3.8, 4) is 0 Å². The lowest BCUT2D eigenvalue weighted by atomic mass is 10.1. The summed E-state index contributed by atoms with van der Waals surface area (Å²) in [5.41, 5.74) is 1.19. The molecule has 5 nitrogen and oxygen atoms in total. The summed E-state index contributed by atoms with van der Waals surface area (Å²) in [5, 5.41) is 3.40. The third-order valence-corrected chi connectivity index (χ3v) is 4.95. The largest absolute Gasteiger partial charge is 0.326 e. The van der Waals surface area contributed by atoms with Crippen LogP contribution in [0.2, 0.25) is 0 Å². The predicted octanol–water partition coefficient (Wildman–Crippen LogP) is 3.18. The van der Waals surface area contributed by atoms with Gasteiger partial charge < -0.3 is 5.32 Å². The van der Waals surface area contributed by atoms with Crippen LogP contribution < -0.4 is 10.9 Å². The van der Waals surface area contributed by atoms with E-state index in [4.69, 9.17) is 0 Å². The van der Waals surface area contributed by atoms with Crippen LogP contribution in [0.3, 0.4) is 0 Å². The Morgan fingerprint density at radius 2 is 2.12 bits per heavy atom. The molecule has 1 atom stereocenters. The molecule has 0 spiro atoms. The molecule has 0 fully saturated rings. The molecule has 7 heteroatoms. The first-order valence-corrected chi connectivity index (χ1v) is 8.74. The summed E-state index contributed by atoms with van der Waals surface area (Å²) in [4.78, 5) is 29.1. The monoisotopic (exact) mass is 347 g/mol. The zero-order chi connectivity index (χ0) is 17.3. The Bertz CT molecular complexity index is 818. The normalized spacial score (nSPS) is 16.2. The number of hydrogen-bond donors (Lipinski definition) is 1. The molecule has 1 aromatic carbocycles. The van der Waals surface area contributed by atoms with E-state index in [1.54, 1.807) is 10.6 Å². The zero-order valence-electron chi connectivity index (χ0n) is 13.5. The van der Waals surface area contributed by atoms with Crippen molar-refractivity contribution < 1.29 is 9.18 Å². The van der Waals surface area contributed by atoms with E-state index >= 15 is 0 Å². The first-order chi connectivity index (χ1) is 11.4. The lowest BCUT2D eigenvalue weighted by Crippen LogP contribution is -2.28. The average Bonchev–Trinajstić information content (AvgIpc) is 2.93. The van der Waals surface area contributed by atoms with Crippen molar-refractivity contribution in [3.63, 3.8) is 0 Å². The molecule has 0 saturated heterocycles. The maximum Gasteiger partial charge on any atom is 0.254 e. The van der Waals surface area contributed by atoms with Gasteiger partial charge in [-0.3, -0.25) is 14.2 Å². The number of nitrogens with zero attached hydrogens (tertiary/aromatic N) is 2. The molecule has 0 aliphatic carbocycles. The molecule has 3 rings (SSSR count). The van der Waals surface area contributed by atoms with Crippen LogP contribution in [0.25, 0.3) is 0 Å². The number of fused-ring (bicyclic) bond motifs is 1. The molecule has 24 heavy (non-hydrogen) atoms. The minimum Gasteiger partial charge on any atom is -0.326 e. The molecule has 0 radical (unpaired) electrons. The van der Waals surface area contributed by atoms with Gasteiger partial charge in [-0.05, 0) is 30.2 Å². The van der Waals surface area contributed by atoms with Crippen LogP contribution in [-0.2, 0) is 4.79 Å². The number of carbonyl (C=O) groups excluding carboxylic acids is 1. The molecule has 0 saturated carbocycles. The third-order valence-electron chi connectivity index (χ3n) is 3.85. The minimum absolute atomic E-state index is 0.117. The molecule has 1 aliphatic heterocycles. The summed E-state index contributed by atoms with van der Waals surface area (Å²) in [6.45, 7) is 3.98. The Morgan fingerprint density at radius 1 is 1.42 bits per heavy atom. The van der Waals surface area contributed by atoms with Gasteiger partial charge in [0, 0.05) is 23.9 Å². The van der Waals surface area contributed by atoms with Gasteiger partial charge in [-0.15, -0.1) is 0 Å². The van der Waals surface area contributed by atoms with Gasteiger partial charge in [-0.2, -0.15) is 0 Å². The maximum atomic E-state index is 12.9. The predicted molar refractivity (Wildman–Crippen MR) is 92.0 cm³/mol. The summed E-state index contributed by atoms with van der Waals surface area (Å²) >= 11 is 1.49. The van der Waals surface area contributed by atoms with E-state index in [-0.39, 0.29) is 35.7 Å². The van der Waals surface area contributed by atoms with Gasteiger partial charge in [0.05, 0.1) is 11.7 Å². The van der Waals surface area contributed by atoms with Crippen LogP contribution in [0.1, 0.15) is 37.9 Å². The fourth-order valence-electron chi connectivity index (χ4n) is 2.58. The van der Waals surface area contributed by atoms with E-state index in [2.05, 4.69) is 10.3 Å². The third kappa shape index (κ3) is 3.51. The second-order valence-corrected chi connectivity index (χ2v) is 7.04. The molecule has 126 valence electrons. The molecule has 2 aromatic rings. The molecular weight excluding hydrogens is 329 g/mol. The average molecular weight is 347 g/mol. The summed E-state index contributed by atoms with van der Waals surface area (Å²) < 4.78 is 14.5. The van der Waals surface area contributed by atoms with E-state index in [0.29, 0.717) is 16.6 Å². The minimum atomic E-state index is -0.354. The highest BCUT2D eigenvalue weighted by Gasteiger charge is 2.28.